The number of aromatic nitrogens is 1. The van der Waals surface area contributed by atoms with Crippen LogP contribution in [-0.4, -0.2) is 22.7 Å². The van der Waals surface area contributed by atoms with Crippen molar-refractivity contribution in [1.29, 1.82) is 0 Å². The van der Waals surface area contributed by atoms with E-state index in [4.69, 9.17) is 9.84 Å². The van der Waals surface area contributed by atoms with Gasteiger partial charge in [0.05, 0.1) is 18.7 Å². The van der Waals surface area contributed by atoms with Crippen LogP contribution in [0.15, 0.2) is 28.6 Å². The van der Waals surface area contributed by atoms with Gasteiger partial charge in [-0.1, -0.05) is 30.0 Å². The largest absolute Gasteiger partial charge is 0.494 e. The number of rotatable bonds is 7. The molecule has 4 nitrogen and oxygen atoms in total. The highest BCUT2D eigenvalue weighted by atomic mass is 32.2. The summed E-state index contributed by atoms with van der Waals surface area (Å²) >= 11 is 3.07. The lowest BCUT2D eigenvalue weighted by Gasteiger charge is -2.08. The Bertz CT molecular complexity index is 625. The number of carboxylic acids is 1. The molecule has 2 rings (SSSR count). The van der Waals surface area contributed by atoms with Crippen molar-refractivity contribution in [3.63, 3.8) is 0 Å². The number of aryl methyl sites for hydroxylation is 1. The number of ether oxygens (including phenoxy) is 1. The maximum Gasteiger partial charge on any atom is 0.308 e. The zero-order chi connectivity index (χ0) is 15.2. The third-order valence-corrected chi connectivity index (χ3v) is 5.16. The van der Waals surface area contributed by atoms with Crippen LogP contribution in [0, 0.1) is 6.92 Å². The SMILES string of the molecule is CCOc1ccccc1CSc1nc(C)c(CC(=O)O)s1. The van der Waals surface area contributed by atoms with Gasteiger partial charge < -0.3 is 9.84 Å². The number of carboxylic acid groups (broad SMARTS) is 1. The lowest BCUT2D eigenvalue weighted by Crippen LogP contribution is -1.99. The summed E-state index contributed by atoms with van der Waals surface area (Å²) in [6.07, 6.45) is 0.0413. The van der Waals surface area contributed by atoms with Crippen molar-refractivity contribution >= 4 is 29.1 Å². The molecule has 0 aliphatic heterocycles. The molecular weight excluding hydrogens is 306 g/mol. The first kappa shape index (κ1) is 15.9. The summed E-state index contributed by atoms with van der Waals surface area (Å²) in [7, 11) is 0. The van der Waals surface area contributed by atoms with Gasteiger partial charge in [0.15, 0.2) is 4.34 Å². The van der Waals surface area contributed by atoms with E-state index in [1.54, 1.807) is 11.8 Å². The van der Waals surface area contributed by atoms with Gasteiger partial charge in [-0.2, -0.15) is 0 Å². The molecule has 21 heavy (non-hydrogen) atoms. The summed E-state index contributed by atoms with van der Waals surface area (Å²) in [5, 5.41) is 8.86. The lowest BCUT2D eigenvalue weighted by molar-refractivity contribution is -0.136. The fourth-order valence-electron chi connectivity index (χ4n) is 1.82. The number of hydrogen-bond acceptors (Lipinski definition) is 5. The average Bonchev–Trinajstić information content (AvgIpc) is 2.78. The summed E-state index contributed by atoms with van der Waals surface area (Å²) in [4.78, 5) is 16.0. The van der Waals surface area contributed by atoms with Crippen molar-refractivity contribution in [2.75, 3.05) is 6.61 Å². The van der Waals surface area contributed by atoms with E-state index in [9.17, 15) is 4.79 Å². The van der Waals surface area contributed by atoms with E-state index in [-0.39, 0.29) is 6.42 Å². The van der Waals surface area contributed by atoms with E-state index in [1.165, 1.54) is 11.3 Å². The first-order valence-electron chi connectivity index (χ1n) is 6.61. The van der Waals surface area contributed by atoms with Crippen molar-refractivity contribution in [1.82, 2.24) is 4.98 Å². The Labute approximate surface area is 132 Å². The maximum absolute atomic E-state index is 10.8. The number of benzene rings is 1. The molecule has 0 bridgehead atoms. The molecule has 1 N–H and O–H groups in total. The van der Waals surface area contributed by atoms with Crippen molar-refractivity contribution in [3.05, 3.63) is 40.4 Å². The summed E-state index contributed by atoms with van der Waals surface area (Å²) in [6, 6.07) is 7.94. The van der Waals surface area contributed by atoms with Crippen molar-refractivity contribution in [2.24, 2.45) is 0 Å². The Morgan fingerprint density at radius 3 is 2.90 bits per heavy atom. The predicted molar refractivity (Wildman–Crippen MR) is 85.4 cm³/mol. The van der Waals surface area contributed by atoms with Crippen LogP contribution in [0.4, 0.5) is 0 Å². The fourth-order valence-corrected chi connectivity index (χ4v) is 4.04. The van der Waals surface area contributed by atoms with E-state index in [2.05, 4.69) is 4.98 Å². The van der Waals surface area contributed by atoms with Crippen LogP contribution < -0.4 is 4.74 Å². The van der Waals surface area contributed by atoms with Crippen LogP contribution >= 0.6 is 23.1 Å². The highest BCUT2D eigenvalue weighted by Gasteiger charge is 2.12. The van der Waals surface area contributed by atoms with Crippen LogP contribution in [0.5, 0.6) is 5.75 Å². The van der Waals surface area contributed by atoms with Crippen LogP contribution in [0.1, 0.15) is 23.1 Å². The number of carbonyl (C=O) groups is 1. The van der Waals surface area contributed by atoms with Gasteiger partial charge in [-0.3, -0.25) is 4.79 Å². The molecular formula is C15H17NO3S2. The molecule has 0 aliphatic rings. The Morgan fingerprint density at radius 1 is 1.43 bits per heavy atom. The second-order valence-electron chi connectivity index (χ2n) is 4.39. The van der Waals surface area contributed by atoms with Crippen LogP contribution in [0.25, 0.3) is 0 Å². The van der Waals surface area contributed by atoms with Crippen molar-refractivity contribution in [2.45, 2.75) is 30.4 Å². The molecule has 2 aromatic rings. The average molecular weight is 323 g/mol. The summed E-state index contributed by atoms with van der Waals surface area (Å²) in [6.45, 7) is 4.46. The quantitative estimate of drug-likeness (QED) is 0.786. The van der Waals surface area contributed by atoms with Gasteiger partial charge >= 0.3 is 5.97 Å². The smallest absolute Gasteiger partial charge is 0.308 e. The summed E-state index contributed by atoms with van der Waals surface area (Å²) < 4.78 is 6.50. The van der Waals surface area contributed by atoms with E-state index >= 15 is 0 Å². The maximum atomic E-state index is 10.8. The second kappa shape index (κ2) is 7.47. The normalized spacial score (nSPS) is 10.6. The minimum absolute atomic E-state index is 0.0413. The minimum Gasteiger partial charge on any atom is -0.494 e. The zero-order valence-corrected chi connectivity index (χ0v) is 13.6. The molecule has 1 aromatic carbocycles. The summed E-state index contributed by atoms with van der Waals surface area (Å²) in [5.74, 6) is 0.835. The number of hydrogen-bond donors (Lipinski definition) is 1. The molecule has 6 heteroatoms. The topological polar surface area (TPSA) is 59.4 Å². The number of para-hydroxylation sites is 1. The van der Waals surface area contributed by atoms with Crippen molar-refractivity contribution < 1.29 is 14.6 Å². The molecule has 0 spiro atoms. The lowest BCUT2D eigenvalue weighted by atomic mass is 10.2. The van der Waals surface area contributed by atoms with Gasteiger partial charge in [-0.25, -0.2) is 4.98 Å². The number of thiazole rings is 1. The van der Waals surface area contributed by atoms with Gasteiger partial charge in [0.1, 0.15) is 5.75 Å². The van der Waals surface area contributed by atoms with Gasteiger partial charge in [0.25, 0.3) is 0 Å². The standard InChI is InChI=1S/C15H17NO3S2/c1-3-19-12-7-5-4-6-11(12)9-20-15-16-10(2)13(21-15)8-14(17)18/h4-7H,3,8-9H2,1-2H3,(H,17,18). The van der Waals surface area contributed by atoms with Gasteiger partial charge in [0.2, 0.25) is 0 Å². The molecule has 1 heterocycles. The van der Waals surface area contributed by atoms with E-state index in [0.717, 1.165) is 32.0 Å². The fraction of sp³-hybridized carbons (Fsp3) is 0.333. The number of aliphatic carboxylic acids is 1. The molecule has 0 saturated carbocycles. The monoisotopic (exact) mass is 323 g/mol. The third kappa shape index (κ3) is 4.47. The Kier molecular flexibility index (Phi) is 5.64. The van der Waals surface area contributed by atoms with Crippen molar-refractivity contribution in [3.8, 4) is 5.75 Å². The number of nitrogens with zero attached hydrogens (tertiary/aromatic N) is 1. The van der Waals surface area contributed by atoms with Crippen LogP contribution in [0.3, 0.4) is 0 Å². The molecule has 0 atom stereocenters. The molecule has 0 radical (unpaired) electrons. The number of thioether (sulfide) groups is 1. The second-order valence-corrected chi connectivity index (χ2v) is 6.69. The summed E-state index contributed by atoms with van der Waals surface area (Å²) in [5.41, 5.74) is 1.93. The highest BCUT2D eigenvalue weighted by molar-refractivity contribution is 8.00. The first-order valence-corrected chi connectivity index (χ1v) is 8.42. The minimum atomic E-state index is -0.819. The zero-order valence-electron chi connectivity index (χ0n) is 12.0. The van der Waals surface area contributed by atoms with Crippen LogP contribution in [-0.2, 0) is 17.0 Å². The Balaban J connectivity index is 2.05. The first-order chi connectivity index (χ1) is 10.1. The molecule has 112 valence electrons. The van der Waals surface area contributed by atoms with Gasteiger partial charge in [-0.15, -0.1) is 11.3 Å². The van der Waals surface area contributed by atoms with E-state index in [1.807, 2.05) is 38.1 Å². The molecule has 0 amide bonds. The van der Waals surface area contributed by atoms with Crippen LogP contribution in [0.2, 0.25) is 0 Å². The Hall–Kier alpha value is -1.53. The molecule has 0 unspecified atom stereocenters. The third-order valence-electron chi connectivity index (χ3n) is 2.81. The van der Waals surface area contributed by atoms with Gasteiger partial charge in [-0.05, 0) is 19.9 Å². The Morgan fingerprint density at radius 2 is 2.19 bits per heavy atom. The predicted octanol–water partition coefficient (Wildman–Crippen LogP) is 3.77. The molecule has 1 aromatic heterocycles. The van der Waals surface area contributed by atoms with Gasteiger partial charge in [0, 0.05) is 16.2 Å². The highest BCUT2D eigenvalue weighted by Crippen LogP contribution is 2.32. The van der Waals surface area contributed by atoms with E-state index in [0.29, 0.717) is 6.61 Å². The van der Waals surface area contributed by atoms with E-state index < -0.39 is 5.97 Å². The molecule has 0 saturated heterocycles. The molecule has 0 fully saturated rings. The molecule has 0 aliphatic carbocycles.